The van der Waals surface area contributed by atoms with E-state index in [1.54, 1.807) is 0 Å². The SMILES string of the molecule is c1ccc2c(c1)Oc1cccc3c1B2c1ccccc1[Si]31c2ccccc2B(c2ccc(-c3ccc4c5ccccc5n(-c5ccncc5)c4c3)cc2)c2ccccc21. The van der Waals surface area contributed by atoms with Crippen LogP contribution in [0.15, 0.2) is 207 Å². The summed E-state index contributed by atoms with van der Waals surface area (Å²) in [4.78, 5) is 4.30. The maximum Gasteiger partial charge on any atom is 0.250 e. The zero-order chi connectivity index (χ0) is 38.7. The summed E-state index contributed by atoms with van der Waals surface area (Å²) >= 11 is 0. The van der Waals surface area contributed by atoms with Crippen LogP contribution in [0.3, 0.4) is 0 Å². The van der Waals surface area contributed by atoms with Crippen molar-refractivity contribution in [3.8, 4) is 28.3 Å². The van der Waals surface area contributed by atoms with Crippen molar-refractivity contribution in [2.45, 2.75) is 0 Å². The van der Waals surface area contributed by atoms with Gasteiger partial charge in [-0.15, -0.1) is 0 Å². The average molecular weight is 765 g/mol. The van der Waals surface area contributed by atoms with Crippen molar-refractivity contribution in [2.75, 3.05) is 0 Å². The highest BCUT2D eigenvalue weighted by Crippen LogP contribution is 2.35. The van der Waals surface area contributed by atoms with E-state index in [0.29, 0.717) is 0 Å². The van der Waals surface area contributed by atoms with E-state index in [2.05, 4.69) is 204 Å². The summed E-state index contributed by atoms with van der Waals surface area (Å²) in [5, 5.41) is 8.38. The van der Waals surface area contributed by atoms with Gasteiger partial charge in [0.1, 0.15) is 11.5 Å². The van der Waals surface area contributed by atoms with Crippen LogP contribution in [0.2, 0.25) is 0 Å². The number of pyridine rings is 1. The number of fused-ring (bicyclic) bond motifs is 13. The van der Waals surface area contributed by atoms with E-state index in [-0.39, 0.29) is 13.4 Å². The summed E-state index contributed by atoms with van der Waals surface area (Å²) in [5.74, 6) is 1.94. The zero-order valence-electron chi connectivity index (χ0n) is 32.1. The molecule has 0 saturated heterocycles. The number of benzene rings is 8. The molecule has 13 rings (SSSR count). The Bertz CT molecular complexity index is 3290. The lowest BCUT2D eigenvalue weighted by Gasteiger charge is -2.48. The molecule has 10 aromatic rings. The van der Waals surface area contributed by atoms with Crippen LogP contribution in [-0.2, 0) is 0 Å². The molecule has 3 aliphatic heterocycles. The first-order valence-electron chi connectivity index (χ1n) is 20.5. The van der Waals surface area contributed by atoms with Crippen LogP contribution < -0.4 is 58.3 Å². The Balaban J connectivity index is 0.986. The van der Waals surface area contributed by atoms with Gasteiger partial charge in [-0.3, -0.25) is 4.98 Å². The number of hydrogen-bond acceptors (Lipinski definition) is 2. The van der Waals surface area contributed by atoms with Gasteiger partial charge in [0.2, 0.25) is 6.71 Å². The fourth-order valence-corrected chi connectivity index (χ4v) is 16.9. The highest BCUT2D eigenvalue weighted by atomic mass is 28.3. The Morgan fingerprint density at radius 2 is 0.983 bits per heavy atom. The van der Waals surface area contributed by atoms with Gasteiger partial charge in [0.05, 0.1) is 11.0 Å². The maximum atomic E-state index is 6.77. The molecule has 2 aromatic heterocycles. The average Bonchev–Trinajstić information content (AvgIpc) is 3.64. The van der Waals surface area contributed by atoms with Crippen molar-refractivity contribution in [2.24, 2.45) is 0 Å². The van der Waals surface area contributed by atoms with Crippen molar-refractivity contribution in [3.63, 3.8) is 0 Å². The largest absolute Gasteiger partial charge is 0.458 e. The molecule has 59 heavy (non-hydrogen) atoms. The number of ether oxygens (including phenoxy) is 1. The Morgan fingerprint density at radius 1 is 0.424 bits per heavy atom. The zero-order valence-corrected chi connectivity index (χ0v) is 33.1. The van der Waals surface area contributed by atoms with E-state index in [9.17, 15) is 0 Å². The summed E-state index contributed by atoms with van der Waals surface area (Å²) < 4.78 is 9.13. The highest BCUT2D eigenvalue weighted by molar-refractivity contribution is 7.31. The summed E-state index contributed by atoms with van der Waals surface area (Å²) in [6.07, 6.45) is 3.74. The van der Waals surface area contributed by atoms with Crippen LogP contribution >= 0.6 is 0 Å². The fraction of sp³-hybridized carbons (Fsp3) is 0. The van der Waals surface area contributed by atoms with Gasteiger partial charge in [0.25, 0.3) is 6.71 Å². The summed E-state index contributed by atoms with van der Waals surface area (Å²) in [6, 6.07) is 72.7. The monoisotopic (exact) mass is 764 g/mol. The lowest BCUT2D eigenvalue weighted by atomic mass is 9.35. The van der Waals surface area contributed by atoms with Crippen molar-refractivity contribution in [3.05, 3.63) is 207 Å². The van der Waals surface area contributed by atoms with Gasteiger partial charge in [-0.25, -0.2) is 0 Å². The van der Waals surface area contributed by atoms with Crippen molar-refractivity contribution >= 4 is 96.8 Å². The molecule has 0 fully saturated rings. The van der Waals surface area contributed by atoms with Crippen LogP contribution in [0.1, 0.15) is 0 Å². The minimum absolute atomic E-state index is 0.0904. The van der Waals surface area contributed by atoms with Gasteiger partial charge in [-0.1, -0.05) is 180 Å². The molecule has 0 amide bonds. The standard InChI is InChI=1S/C53H34B2N2OSi/c1-6-17-45-39(12-1)40-29-26-36(34-46(40)57(45)38-30-32-56-33-31-38)35-24-27-37(28-25-35)54-42-14-3-8-20-49(42)59(50-21-9-4-15-43(50)54)51-22-10-5-16-44(51)55-41-13-2-7-18-47(41)58-48-19-11-23-52(59)53(48)55/h1-34H. The molecule has 0 N–H and O–H groups in total. The van der Waals surface area contributed by atoms with E-state index in [4.69, 9.17) is 4.74 Å². The third-order valence-corrected chi connectivity index (χ3v) is 18.4. The molecule has 5 heterocycles. The molecule has 0 aliphatic carbocycles. The normalized spacial score (nSPS) is 14.0. The quantitative estimate of drug-likeness (QED) is 0.238. The summed E-state index contributed by atoms with van der Waals surface area (Å²) in [5.41, 5.74) is 14.0. The molecular weight excluding hydrogens is 730 g/mol. The molecule has 0 unspecified atom stereocenters. The van der Waals surface area contributed by atoms with Crippen LogP contribution in [0.4, 0.5) is 0 Å². The number of nitrogens with zero attached hydrogens (tertiary/aromatic N) is 2. The van der Waals surface area contributed by atoms with Crippen LogP contribution in [-0.4, -0.2) is 31.1 Å². The third-order valence-electron chi connectivity index (χ3n) is 13.4. The summed E-state index contributed by atoms with van der Waals surface area (Å²) in [6.45, 7) is 0.211. The van der Waals surface area contributed by atoms with Gasteiger partial charge in [-0.2, -0.15) is 0 Å². The lowest BCUT2D eigenvalue weighted by Crippen LogP contribution is -2.93. The van der Waals surface area contributed by atoms with Gasteiger partial charge in [-0.05, 0) is 79.2 Å². The molecule has 1 spiro atoms. The number of para-hydroxylation sites is 2. The number of hydrogen-bond donors (Lipinski definition) is 0. The Hall–Kier alpha value is -7.14. The smallest absolute Gasteiger partial charge is 0.250 e. The predicted octanol–water partition coefficient (Wildman–Crippen LogP) is 4.99. The van der Waals surface area contributed by atoms with E-state index in [1.165, 1.54) is 86.5 Å². The van der Waals surface area contributed by atoms with E-state index < -0.39 is 8.07 Å². The van der Waals surface area contributed by atoms with Gasteiger partial charge in [0.15, 0.2) is 8.07 Å². The molecule has 0 atom stereocenters. The first kappa shape index (κ1) is 32.9. The predicted molar refractivity (Wildman–Crippen MR) is 250 cm³/mol. The molecule has 3 nitrogen and oxygen atoms in total. The Morgan fingerprint density at radius 3 is 1.71 bits per heavy atom. The summed E-state index contributed by atoms with van der Waals surface area (Å²) in [7, 11) is -2.83. The number of aromatic nitrogens is 2. The molecule has 6 heteroatoms. The third kappa shape index (κ3) is 4.47. The second kappa shape index (κ2) is 12.4. The second-order valence-electron chi connectivity index (χ2n) is 16.1. The minimum atomic E-state index is -2.83. The molecule has 3 aliphatic rings. The van der Waals surface area contributed by atoms with Gasteiger partial charge >= 0.3 is 0 Å². The van der Waals surface area contributed by atoms with Crippen molar-refractivity contribution in [1.29, 1.82) is 0 Å². The molecule has 0 radical (unpaired) electrons. The number of rotatable bonds is 3. The fourth-order valence-electron chi connectivity index (χ4n) is 11.1. The second-order valence-corrected chi connectivity index (χ2v) is 19.8. The minimum Gasteiger partial charge on any atom is -0.458 e. The van der Waals surface area contributed by atoms with E-state index >= 15 is 0 Å². The molecule has 8 aromatic carbocycles. The Kier molecular flexibility index (Phi) is 6.93. The van der Waals surface area contributed by atoms with Gasteiger partial charge in [0, 0.05) is 28.9 Å². The first-order chi connectivity index (χ1) is 29.3. The van der Waals surface area contributed by atoms with Crippen LogP contribution in [0.5, 0.6) is 11.5 Å². The Labute approximate surface area is 344 Å². The molecule has 0 bridgehead atoms. The first-order valence-corrected chi connectivity index (χ1v) is 22.5. The molecule has 0 saturated carbocycles. The van der Waals surface area contributed by atoms with E-state index in [1.807, 2.05) is 12.4 Å². The van der Waals surface area contributed by atoms with Crippen molar-refractivity contribution in [1.82, 2.24) is 9.55 Å². The van der Waals surface area contributed by atoms with Crippen molar-refractivity contribution < 1.29 is 4.74 Å². The van der Waals surface area contributed by atoms with Crippen LogP contribution in [0, 0.1) is 0 Å². The van der Waals surface area contributed by atoms with Gasteiger partial charge < -0.3 is 9.30 Å². The maximum absolute atomic E-state index is 6.77. The van der Waals surface area contributed by atoms with Crippen LogP contribution in [0.25, 0.3) is 38.6 Å². The topological polar surface area (TPSA) is 27.1 Å². The molecular formula is C53H34B2N2OSi. The molecule has 272 valence electrons. The van der Waals surface area contributed by atoms with E-state index in [0.717, 1.165) is 17.2 Å². The lowest BCUT2D eigenvalue weighted by molar-refractivity contribution is 0.488. The highest BCUT2D eigenvalue weighted by Gasteiger charge is 2.56.